The van der Waals surface area contributed by atoms with Crippen molar-refractivity contribution in [2.24, 2.45) is 0 Å². The molecule has 0 rings (SSSR count). The number of carboxylic acid groups (broad SMARTS) is 1. The van der Waals surface area contributed by atoms with E-state index in [2.05, 4.69) is 26.0 Å². The fourth-order valence-corrected chi connectivity index (χ4v) is 7.56. The van der Waals surface area contributed by atoms with Gasteiger partial charge in [-0.3, -0.25) is 9.59 Å². The molecule has 0 fully saturated rings. The number of hydrogen-bond acceptors (Lipinski definition) is 6. The number of quaternary nitrogens is 1. The average Bonchev–Trinajstić information content (AvgIpc) is 3.18. The van der Waals surface area contributed by atoms with Crippen LogP contribution in [0.1, 0.15) is 239 Å². The lowest BCUT2D eigenvalue weighted by Gasteiger charge is -2.31. The number of esters is 2. The Balaban J connectivity index is 4.17. The second-order valence-electron chi connectivity index (χ2n) is 18.1. The SMILES string of the molecule is CCCCCCCCCCCCC/C=C/CCCCCCCCCC(=O)OCC(COCCC(C(=O)O)[N+](C)(C)C)OC(=O)CCCCCCCCCCCCCC. The number of ether oxygens (including phenoxy) is 3. The largest absolute Gasteiger partial charge is 0.477 e. The number of rotatable bonds is 45. The summed E-state index contributed by atoms with van der Waals surface area (Å²) in [6.45, 7) is 4.76. The van der Waals surface area contributed by atoms with E-state index in [0.717, 1.165) is 38.5 Å². The van der Waals surface area contributed by atoms with Crippen molar-refractivity contribution >= 4 is 17.9 Å². The number of allylic oxidation sites excluding steroid dienone is 2. The number of unbranched alkanes of at least 4 members (excludes halogenated alkanes) is 29. The minimum atomic E-state index is -0.872. The quantitative estimate of drug-likeness (QED) is 0.0283. The van der Waals surface area contributed by atoms with Gasteiger partial charge >= 0.3 is 17.9 Å². The zero-order valence-corrected chi connectivity index (χ0v) is 39.0. The first-order chi connectivity index (χ1) is 28.1. The third-order valence-corrected chi connectivity index (χ3v) is 11.4. The zero-order chi connectivity index (χ0) is 42.8. The third kappa shape index (κ3) is 39.5. The van der Waals surface area contributed by atoms with Gasteiger partial charge in [-0.25, -0.2) is 4.79 Å². The van der Waals surface area contributed by atoms with E-state index in [1.54, 1.807) is 0 Å². The van der Waals surface area contributed by atoms with Crippen LogP contribution in [-0.2, 0) is 28.6 Å². The molecule has 0 amide bonds. The Morgan fingerprint density at radius 1 is 0.500 bits per heavy atom. The Bertz CT molecular complexity index is 962. The molecule has 8 heteroatoms. The Hall–Kier alpha value is -1.93. The monoisotopic (exact) mass is 823 g/mol. The maximum absolute atomic E-state index is 12.7. The second kappa shape index (κ2) is 41.8. The average molecular weight is 823 g/mol. The highest BCUT2D eigenvalue weighted by Gasteiger charge is 2.31. The summed E-state index contributed by atoms with van der Waals surface area (Å²) in [5.74, 6) is -1.46. The Labute approximate surface area is 359 Å². The molecule has 0 aromatic rings. The smallest absolute Gasteiger partial charge is 0.362 e. The van der Waals surface area contributed by atoms with Gasteiger partial charge in [0.2, 0.25) is 0 Å². The molecule has 0 saturated carbocycles. The van der Waals surface area contributed by atoms with Gasteiger partial charge in [-0.2, -0.15) is 0 Å². The minimum Gasteiger partial charge on any atom is -0.477 e. The molecule has 58 heavy (non-hydrogen) atoms. The summed E-state index contributed by atoms with van der Waals surface area (Å²) in [5.41, 5.74) is 0. The minimum absolute atomic E-state index is 0.0472. The van der Waals surface area contributed by atoms with Crippen LogP contribution in [0.5, 0.6) is 0 Å². The number of carboxylic acids is 1. The van der Waals surface area contributed by atoms with Crippen molar-refractivity contribution in [3.63, 3.8) is 0 Å². The Kier molecular flexibility index (Phi) is 40.4. The highest BCUT2D eigenvalue weighted by molar-refractivity contribution is 5.72. The summed E-state index contributed by atoms with van der Waals surface area (Å²) in [6.07, 6.45) is 45.5. The predicted octanol–water partition coefficient (Wildman–Crippen LogP) is 13.9. The number of nitrogens with zero attached hydrogens (tertiary/aromatic N) is 1. The van der Waals surface area contributed by atoms with E-state index < -0.39 is 18.1 Å². The highest BCUT2D eigenvalue weighted by atomic mass is 16.6. The molecule has 0 aromatic heterocycles. The number of hydrogen-bond donors (Lipinski definition) is 1. The summed E-state index contributed by atoms with van der Waals surface area (Å²) < 4.78 is 17.3. The highest BCUT2D eigenvalue weighted by Crippen LogP contribution is 2.16. The van der Waals surface area contributed by atoms with Gasteiger partial charge in [0.1, 0.15) is 6.61 Å². The van der Waals surface area contributed by atoms with E-state index in [-0.39, 0.29) is 36.2 Å². The molecule has 0 aromatic carbocycles. The molecular formula is C50H96NO7+. The van der Waals surface area contributed by atoms with E-state index >= 15 is 0 Å². The molecule has 2 unspecified atom stereocenters. The lowest BCUT2D eigenvalue weighted by Crippen LogP contribution is -2.50. The number of carbonyl (C=O) groups is 3. The van der Waals surface area contributed by atoms with Crippen molar-refractivity contribution in [2.75, 3.05) is 41.0 Å². The van der Waals surface area contributed by atoms with Crippen LogP contribution in [0, 0.1) is 0 Å². The van der Waals surface area contributed by atoms with E-state index in [0.29, 0.717) is 19.3 Å². The molecule has 2 atom stereocenters. The van der Waals surface area contributed by atoms with E-state index in [9.17, 15) is 19.5 Å². The molecule has 0 radical (unpaired) electrons. The lowest BCUT2D eigenvalue weighted by molar-refractivity contribution is -0.887. The molecule has 0 aliphatic carbocycles. The summed E-state index contributed by atoms with van der Waals surface area (Å²) in [7, 11) is 5.54. The van der Waals surface area contributed by atoms with E-state index in [4.69, 9.17) is 14.2 Å². The molecule has 0 bridgehead atoms. The molecule has 342 valence electrons. The van der Waals surface area contributed by atoms with Crippen LogP contribution >= 0.6 is 0 Å². The van der Waals surface area contributed by atoms with E-state index in [1.807, 2.05) is 21.1 Å². The van der Waals surface area contributed by atoms with Gasteiger partial charge in [0, 0.05) is 19.3 Å². The van der Waals surface area contributed by atoms with Crippen molar-refractivity contribution in [1.29, 1.82) is 0 Å². The Morgan fingerprint density at radius 2 is 0.862 bits per heavy atom. The van der Waals surface area contributed by atoms with Crippen molar-refractivity contribution in [3.8, 4) is 0 Å². The summed E-state index contributed by atoms with van der Waals surface area (Å²) in [6, 6.07) is -0.611. The molecule has 0 heterocycles. The number of likely N-dealkylation sites (N-methyl/N-ethyl adjacent to an activating group) is 1. The van der Waals surface area contributed by atoms with Crippen molar-refractivity contribution in [1.82, 2.24) is 0 Å². The van der Waals surface area contributed by atoms with Crippen LogP contribution < -0.4 is 0 Å². The number of carbonyl (C=O) groups excluding carboxylic acids is 2. The first-order valence-corrected chi connectivity index (χ1v) is 24.7. The molecule has 8 nitrogen and oxygen atoms in total. The van der Waals surface area contributed by atoms with Crippen LogP contribution in [0.15, 0.2) is 12.2 Å². The van der Waals surface area contributed by atoms with Gasteiger partial charge in [-0.1, -0.05) is 193 Å². The van der Waals surface area contributed by atoms with Gasteiger partial charge in [-0.05, 0) is 38.5 Å². The standard InChI is InChI=1S/C50H95NO7/c1-6-8-10-12-14-16-18-20-21-22-23-24-25-26-27-28-29-31-32-34-36-38-40-48(52)57-45-46(44-56-43-42-47(50(54)55)51(3,4)5)58-49(53)41-39-37-35-33-30-19-17-15-13-11-9-7-2/h25-26,46-47H,6-24,27-45H2,1-5H3/p+1/b26-25+. The van der Waals surface area contributed by atoms with Crippen LogP contribution in [0.4, 0.5) is 0 Å². The van der Waals surface area contributed by atoms with Crippen LogP contribution in [0.2, 0.25) is 0 Å². The summed E-state index contributed by atoms with van der Waals surface area (Å²) >= 11 is 0. The predicted molar refractivity (Wildman–Crippen MR) is 243 cm³/mol. The molecule has 0 spiro atoms. The van der Waals surface area contributed by atoms with Crippen molar-refractivity contribution in [2.45, 2.75) is 251 Å². The Morgan fingerprint density at radius 3 is 1.24 bits per heavy atom. The fourth-order valence-electron chi connectivity index (χ4n) is 7.56. The zero-order valence-electron chi connectivity index (χ0n) is 39.0. The van der Waals surface area contributed by atoms with Gasteiger partial charge < -0.3 is 23.8 Å². The first kappa shape index (κ1) is 56.1. The van der Waals surface area contributed by atoms with Crippen LogP contribution in [0.25, 0.3) is 0 Å². The third-order valence-electron chi connectivity index (χ3n) is 11.4. The van der Waals surface area contributed by atoms with Gasteiger partial charge in [0.05, 0.1) is 34.4 Å². The van der Waals surface area contributed by atoms with Crippen molar-refractivity contribution in [3.05, 3.63) is 12.2 Å². The molecular weight excluding hydrogens is 727 g/mol. The van der Waals surface area contributed by atoms with E-state index in [1.165, 1.54) is 167 Å². The van der Waals surface area contributed by atoms with Gasteiger partial charge in [0.15, 0.2) is 12.1 Å². The fraction of sp³-hybridized carbons (Fsp3) is 0.900. The maximum atomic E-state index is 12.7. The molecule has 0 aliphatic rings. The topological polar surface area (TPSA) is 99.1 Å². The first-order valence-electron chi connectivity index (χ1n) is 24.7. The molecule has 1 N–H and O–H groups in total. The van der Waals surface area contributed by atoms with Crippen molar-refractivity contribution < 1.29 is 38.2 Å². The second-order valence-corrected chi connectivity index (χ2v) is 18.1. The maximum Gasteiger partial charge on any atom is 0.362 e. The van der Waals surface area contributed by atoms with Crippen LogP contribution in [-0.4, -0.2) is 80.6 Å². The summed E-state index contributed by atoms with van der Waals surface area (Å²) in [5, 5.41) is 9.63. The molecule has 0 saturated heterocycles. The van der Waals surface area contributed by atoms with Gasteiger partial charge in [0.25, 0.3) is 0 Å². The number of aliphatic carboxylic acids is 1. The van der Waals surface area contributed by atoms with Crippen LogP contribution in [0.3, 0.4) is 0 Å². The summed E-state index contributed by atoms with van der Waals surface area (Å²) in [4.78, 5) is 37.0. The lowest BCUT2D eigenvalue weighted by atomic mass is 10.0. The van der Waals surface area contributed by atoms with Gasteiger partial charge in [-0.15, -0.1) is 0 Å². The normalized spacial score (nSPS) is 12.9. The molecule has 0 aliphatic heterocycles.